The quantitative estimate of drug-likeness (QED) is 0.109. The zero-order valence-electron chi connectivity index (χ0n) is 21.0. The second kappa shape index (κ2) is 10.5. The van der Waals surface area contributed by atoms with Crippen molar-refractivity contribution in [2.45, 2.75) is 18.6 Å². The largest absolute Gasteiger partial charge is 0.314 e. The van der Waals surface area contributed by atoms with Crippen molar-refractivity contribution in [1.29, 1.82) is 0 Å². The number of hydrogen-bond acceptors (Lipinski definition) is 4. The number of aryl methyl sites for hydroxylation is 1. The molecule has 0 aliphatic rings. The molecule has 1 heterocycles. The van der Waals surface area contributed by atoms with Gasteiger partial charge in [0, 0.05) is 5.56 Å². The second-order valence-corrected chi connectivity index (χ2v) is 10.2. The van der Waals surface area contributed by atoms with E-state index in [4.69, 9.17) is 4.98 Å². The van der Waals surface area contributed by atoms with Crippen LogP contribution < -0.4 is 5.43 Å². The van der Waals surface area contributed by atoms with E-state index in [2.05, 4.69) is 82.7 Å². The van der Waals surface area contributed by atoms with Crippen LogP contribution in [0.15, 0.2) is 113 Å². The van der Waals surface area contributed by atoms with Crippen LogP contribution in [-0.2, 0) is 11.3 Å². The Hall–Kier alpha value is -4.42. The molecule has 186 valence electrons. The van der Waals surface area contributed by atoms with Crippen LogP contribution in [-0.4, -0.2) is 27.4 Å². The molecule has 0 saturated carbocycles. The number of aromatic nitrogens is 2. The highest BCUT2D eigenvalue weighted by Crippen LogP contribution is 2.28. The van der Waals surface area contributed by atoms with E-state index < -0.39 is 0 Å². The molecule has 6 aromatic rings. The fourth-order valence-electron chi connectivity index (χ4n) is 4.71. The molecule has 0 fully saturated rings. The van der Waals surface area contributed by atoms with Gasteiger partial charge < -0.3 is 4.57 Å². The maximum Gasteiger partial charge on any atom is 0.250 e. The van der Waals surface area contributed by atoms with Gasteiger partial charge in [-0.15, -0.1) is 0 Å². The van der Waals surface area contributed by atoms with Crippen molar-refractivity contribution >= 4 is 56.5 Å². The molecule has 0 atom stereocenters. The van der Waals surface area contributed by atoms with Crippen LogP contribution >= 0.6 is 11.8 Å². The van der Waals surface area contributed by atoms with Gasteiger partial charge in [-0.1, -0.05) is 102 Å². The molecule has 0 saturated heterocycles. The summed E-state index contributed by atoms with van der Waals surface area (Å²) in [6, 6.07) is 35.2. The fourth-order valence-corrected chi connectivity index (χ4v) is 5.52. The Morgan fingerprint density at radius 1 is 0.895 bits per heavy atom. The molecule has 1 amide bonds. The molecule has 6 rings (SSSR count). The summed E-state index contributed by atoms with van der Waals surface area (Å²) in [7, 11) is 0. The Morgan fingerprint density at radius 3 is 2.29 bits per heavy atom. The van der Waals surface area contributed by atoms with Crippen molar-refractivity contribution in [2.75, 3.05) is 5.75 Å². The minimum atomic E-state index is -0.176. The average molecular weight is 515 g/mol. The Bertz CT molecular complexity index is 1750. The predicted octanol–water partition coefficient (Wildman–Crippen LogP) is 6.94. The van der Waals surface area contributed by atoms with E-state index in [0.717, 1.165) is 43.3 Å². The summed E-state index contributed by atoms with van der Waals surface area (Å²) in [5, 5.41) is 9.62. The molecule has 0 aliphatic carbocycles. The molecule has 1 aromatic heterocycles. The molecule has 0 spiro atoms. The molecular formula is C32H26N4OS. The molecular weight excluding hydrogens is 488 g/mol. The highest BCUT2D eigenvalue weighted by atomic mass is 32.2. The van der Waals surface area contributed by atoms with E-state index in [9.17, 15) is 4.79 Å². The molecule has 5 nitrogen and oxygen atoms in total. The van der Waals surface area contributed by atoms with Gasteiger partial charge in [0.1, 0.15) is 0 Å². The number of hydrazone groups is 1. The number of carbonyl (C=O) groups excluding carboxylic acids is 1. The number of nitrogens with one attached hydrogen (secondary N) is 1. The number of thioether (sulfide) groups is 1. The Labute approximate surface area is 225 Å². The second-order valence-electron chi connectivity index (χ2n) is 9.27. The monoisotopic (exact) mass is 514 g/mol. The highest BCUT2D eigenvalue weighted by Gasteiger charge is 2.13. The van der Waals surface area contributed by atoms with Gasteiger partial charge in [0.2, 0.25) is 0 Å². The Balaban J connectivity index is 1.20. The van der Waals surface area contributed by atoms with Crippen LogP contribution in [0.4, 0.5) is 0 Å². The minimum Gasteiger partial charge on any atom is -0.314 e. The topological polar surface area (TPSA) is 59.3 Å². The first-order chi connectivity index (χ1) is 18.7. The summed E-state index contributed by atoms with van der Waals surface area (Å²) in [6.07, 6.45) is 1.75. The maximum atomic E-state index is 12.8. The third-order valence-electron chi connectivity index (χ3n) is 6.61. The summed E-state index contributed by atoms with van der Waals surface area (Å²) >= 11 is 1.42. The maximum absolute atomic E-state index is 12.8. The molecule has 0 bridgehead atoms. The lowest BCUT2D eigenvalue weighted by Gasteiger charge is -2.09. The predicted molar refractivity (Wildman–Crippen MR) is 158 cm³/mol. The van der Waals surface area contributed by atoms with Gasteiger partial charge in [0.15, 0.2) is 5.16 Å². The van der Waals surface area contributed by atoms with E-state index in [0.29, 0.717) is 6.54 Å². The van der Waals surface area contributed by atoms with Crippen molar-refractivity contribution in [2.24, 2.45) is 5.10 Å². The number of benzene rings is 5. The zero-order chi connectivity index (χ0) is 25.9. The molecule has 0 radical (unpaired) electrons. The van der Waals surface area contributed by atoms with Gasteiger partial charge in [-0.3, -0.25) is 4.79 Å². The van der Waals surface area contributed by atoms with E-state index in [1.54, 1.807) is 6.21 Å². The van der Waals surface area contributed by atoms with Gasteiger partial charge in [-0.05, 0) is 52.2 Å². The summed E-state index contributed by atoms with van der Waals surface area (Å²) < 4.78 is 2.17. The number of hydrogen-bond donors (Lipinski definition) is 1. The lowest BCUT2D eigenvalue weighted by Crippen LogP contribution is -2.20. The molecule has 0 aliphatic heterocycles. The molecule has 38 heavy (non-hydrogen) atoms. The number of nitrogens with zero attached hydrogens (tertiary/aromatic N) is 3. The van der Waals surface area contributed by atoms with Gasteiger partial charge >= 0.3 is 0 Å². The highest BCUT2D eigenvalue weighted by molar-refractivity contribution is 7.99. The zero-order valence-corrected chi connectivity index (χ0v) is 21.8. The Kier molecular flexibility index (Phi) is 6.63. The summed E-state index contributed by atoms with van der Waals surface area (Å²) in [5.41, 5.74) is 8.10. The van der Waals surface area contributed by atoms with Crippen molar-refractivity contribution in [3.8, 4) is 0 Å². The SMILES string of the molecule is Cc1ccc(Cn2c(SCC(=O)N/N=C/c3c4ccccc4cc4ccccc34)nc3ccccc32)cc1. The number of fused-ring (bicyclic) bond motifs is 3. The summed E-state index contributed by atoms with van der Waals surface area (Å²) in [4.78, 5) is 17.6. The lowest BCUT2D eigenvalue weighted by molar-refractivity contribution is -0.118. The Morgan fingerprint density at radius 2 is 1.55 bits per heavy atom. The molecule has 6 heteroatoms. The molecule has 0 unspecified atom stereocenters. The van der Waals surface area contributed by atoms with Crippen LogP contribution in [0.25, 0.3) is 32.6 Å². The third kappa shape index (κ3) is 4.91. The van der Waals surface area contributed by atoms with Gasteiger partial charge in [-0.2, -0.15) is 5.10 Å². The van der Waals surface area contributed by atoms with Crippen molar-refractivity contribution in [1.82, 2.24) is 15.0 Å². The number of para-hydroxylation sites is 2. The van der Waals surface area contributed by atoms with E-state index >= 15 is 0 Å². The van der Waals surface area contributed by atoms with Crippen LogP contribution in [0.3, 0.4) is 0 Å². The van der Waals surface area contributed by atoms with Crippen molar-refractivity contribution in [3.05, 3.63) is 120 Å². The average Bonchev–Trinajstić information content (AvgIpc) is 3.30. The standard InChI is InChI=1S/C32H26N4OS/c1-22-14-16-23(17-15-22)20-36-30-13-7-6-12-29(30)34-32(36)38-21-31(37)35-33-19-28-26-10-4-2-8-24(26)18-25-9-3-5-11-27(25)28/h2-19H,20-21H2,1H3,(H,35,37)/b33-19+. The first-order valence-electron chi connectivity index (χ1n) is 12.5. The van der Waals surface area contributed by atoms with Gasteiger partial charge in [-0.25, -0.2) is 10.4 Å². The van der Waals surface area contributed by atoms with Crippen LogP contribution in [0.2, 0.25) is 0 Å². The first kappa shape index (κ1) is 23.9. The van der Waals surface area contributed by atoms with Crippen molar-refractivity contribution in [3.63, 3.8) is 0 Å². The number of imidazole rings is 1. The van der Waals surface area contributed by atoms with E-state index in [1.165, 1.54) is 22.9 Å². The number of amides is 1. The normalized spacial score (nSPS) is 11.6. The van der Waals surface area contributed by atoms with Crippen LogP contribution in [0.1, 0.15) is 16.7 Å². The molecule has 1 N–H and O–H groups in total. The summed E-state index contributed by atoms with van der Waals surface area (Å²) in [5.74, 6) is 0.0370. The lowest BCUT2D eigenvalue weighted by atomic mass is 9.97. The van der Waals surface area contributed by atoms with Crippen molar-refractivity contribution < 1.29 is 4.79 Å². The number of rotatable bonds is 7. The van der Waals surface area contributed by atoms with Crippen LogP contribution in [0.5, 0.6) is 0 Å². The number of carbonyl (C=O) groups is 1. The summed E-state index contributed by atoms with van der Waals surface area (Å²) in [6.45, 7) is 2.78. The van der Waals surface area contributed by atoms with Gasteiger partial charge in [0.25, 0.3) is 5.91 Å². The molecule has 5 aromatic carbocycles. The minimum absolute atomic E-state index is 0.176. The smallest absolute Gasteiger partial charge is 0.250 e. The first-order valence-corrected chi connectivity index (χ1v) is 13.5. The van der Waals surface area contributed by atoms with Crippen LogP contribution in [0, 0.1) is 6.92 Å². The fraction of sp³-hybridized carbons (Fsp3) is 0.0938. The van der Waals surface area contributed by atoms with Gasteiger partial charge in [0.05, 0.1) is 29.5 Å². The van der Waals surface area contributed by atoms with E-state index in [-0.39, 0.29) is 11.7 Å². The van der Waals surface area contributed by atoms with E-state index in [1.807, 2.05) is 42.5 Å². The third-order valence-corrected chi connectivity index (χ3v) is 7.59.